The van der Waals surface area contributed by atoms with Crippen molar-refractivity contribution in [2.24, 2.45) is 0 Å². The fourth-order valence-corrected chi connectivity index (χ4v) is 4.54. The van der Waals surface area contributed by atoms with Gasteiger partial charge in [0.25, 0.3) is 15.9 Å². The fourth-order valence-electron chi connectivity index (χ4n) is 3.13. The number of para-hydroxylation sites is 1. The number of carbonyl (C=O) groups is 1. The number of aryl methyl sites for hydroxylation is 4. The molecule has 0 aromatic heterocycles. The molecule has 3 aromatic rings. The van der Waals surface area contributed by atoms with Crippen LogP contribution in [0.15, 0.2) is 71.6 Å². The zero-order valence-corrected chi connectivity index (χ0v) is 18.4. The first-order valence-electron chi connectivity index (χ1n) is 9.60. The zero-order chi connectivity index (χ0) is 21.9. The maximum atomic E-state index is 13.4. The number of hydrogen-bond donors (Lipinski definition) is 0. The van der Waals surface area contributed by atoms with Crippen LogP contribution < -0.4 is 9.04 Å². The van der Waals surface area contributed by atoms with Crippen LogP contribution in [0.5, 0.6) is 5.75 Å². The minimum Gasteiger partial charge on any atom is -0.483 e. The summed E-state index contributed by atoms with van der Waals surface area (Å²) in [7, 11) is -4.10. The van der Waals surface area contributed by atoms with Crippen LogP contribution >= 0.6 is 0 Å². The number of anilines is 1. The number of rotatable bonds is 6. The van der Waals surface area contributed by atoms with Gasteiger partial charge in [-0.15, -0.1) is 0 Å². The lowest BCUT2D eigenvalue weighted by Crippen LogP contribution is -2.40. The highest BCUT2D eigenvalue weighted by Gasteiger charge is 2.31. The maximum absolute atomic E-state index is 13.4. The molecular formula is C24H25NO4S. The Morgan fingerprint density at radius 3 is 1.83 bits per heavy atom. The summed E-state index contributed by atoms with van der Waals surface area (Å²) in [6.07, 6.45) is 0. The molecule has 156 valence electrons. The van der Waals surface area contributed by atoms with E-state index in [9.17, 15) is 13.2 Å². The van der Waals surface area contributed by atoms with Gasteiger partial charge in [0.15, 0.2) is 6.61 Å². The van der Waals surface area contributed by atoms with E-state index in [1.165, 1.54) is 12.1 Å². The number of ether oxygens (including phenoxy) is 1. The minimum atomic E-state index is -4.10. The third-order valence-electron chi connectivity index (χ3n) is 4.80. The molecule has 5 nitrogen and oxygen atoms in total. The Bertz CT molecular complexity index is 1130. The van der Waals surface area contributed by atoms with E-state index in [1.807, 2.05) is 45.9 Å². The second-order valence-electron chi connectivity index (χ2n) is 7.32. The number of hydrogen-bond acceptors (Lipinski definition) is 4. The molecule has 0 aliphatic carbocycles. The van der Waals surface area contributed by atoms with Gasteiger partial charge in [-0.1, -0.05) is 53.6 Å². The van der Waals surface area contributed by atoms with E-state index in [2.05, 4.69) is 0 Å². The molecule has 3 rings (SSSR count). The Balaban J connectivity index is 1.98. The van der Waals surface area contributed by atoms with Crippen molar-refractivity contribution >= 4 is 21.6 Å². The van der Waals surface area contributed by atoms with Gasteiger partial charge in [-0.25, -0.2) is 8.42 Å². The summed E-state index contributed by atoms with van der Waals surface area (Å²) in [5, 5.41) is 0. The van der Waals surface area contributed by atoms with Gasteiger partial charge in [0.1, 0.15) is 5.75 Å². The normalized spacial score (nSPS) is 11.2. The van der Waals surface area contributed by atoms with Crippen LogP contribution in [0.4, 0.5) is 5.69 Å². The maximum Gasteiger partial charge on any atom is 0.278 e. The average molecular weight is 424 g/mol. The van der Waals surface area contributed by atoms with Crippen LogP contribution in [0.1, 0.15) is 22.3 Å². The molecule has 6 heteroatoms. The second-order valence-corrected chi connectivity index (χ2v) is 9.11. The highest BCUT2D eigenvalue weighted by Crippen LogP contribution is 2.26. The molecule has 0 unspecified atom stereocenters. The van der Waals surface area contributed by atoms with Gasteiger partial charge in [-0.2, -0.15) is 4.31 Å². The Morgan fingerprint density at radius 2 is 1.30 bits per heavy atom. The summed E-state index contributed by atoms with van der Waals surface area (Å²) in [5.74, 6) is -0.0791. The fraction of sp³-hybridized carbons (Fsp3) is 0.208. The molecule has 0 heterocycles. The van der Waals surface area contributed by atoms with Gasteiger partial charge in [-0.05, 0) is 63.1 Å². The molecule has 0 saturated carbocycles. The lowest BCUT2D eigenvalue weighted by Gasteiger charge is -2.23. The molecule has 0 atom stereocenters. The van der Waals surface area contributed by atoms with Crippen LogP contribution in [0.25, 0.3) is 0 Å². The Hall–Kier alpha value is -3.12. The summed E-state index contributed by atoms with van der Waals surface area (Å²) >= 11 is 0. The third kappa shape index (κ3) is 4.54. The van der Waals surface area contributed by atoms with Crippen LogP contribution in [-0.2, 0) is 14.8 Å². The van der Waals surface area contributed by atoms with E-state index in [0.29, 0.717) is 5.75 Å². The van der Waals surface area contributed by atoms with E-state index in [1.54, 1.807) is 36.4 Å². The standard InChI is InChI=1S/C24H25NO4S/c1-17-8-12-21(13-9-17)25(30(27,28)22-14-10-18(2)11-15-22)23(26)16-29-24-19(3)6-5-7-20(24)4/h5-15H,16H2,1-4H3. The second kappa shape index (κ2) is 8.71. The van der Waals surface area contributed by atoms with Crippen LogP contribution in [-0.4, -0.2) is 20.9 Å². The predicted molar refractivity (Wildman–Crippen MR) is 118 cm³/mol. The van der Waals surface area contributed by atoms with E-state index in [-0.39, 0.29) is 10.6 Å². The quantitative estimate of drug-likeness (QED) is 0.575. The van der Waals surface area contributed by atoms with Gasteiger partial charge in [0, 0.05) is 0 Å². The van der Waals surface area contributed by atoms with Crippen molar-refractivity contribution in [3.8, 4) is 5.75 Å². The van der Waals surface area contributed by atoms with E-state index in [0.717, 1.165) is 26.6 Å². The molecule has 0 aliphatic rings. The molecule has 0 spiro atoms. The van der Waals surface area contributed by atoms with Gasteiger partial charge in [0.2, 0.25) is 0 Å². The topological polar surface area (TPSA) is 63.7 Å². The van der Waals surface area contributed by atoms with E-state index >= 15 is 0 Å². The molecule has 3 aromatic carbocycles. The summed E-state index contributed by atoms with van der Waals surface area (Å²) in [6, 6.07) is 18.9. The first-order valence-corrected chi connectivity index (χ1v) is 11.0. The van der Waals surface area contributed by atoms with Crippen molar-refractivity contribution in [2.45, 2.75) is 32.6 Å². The molecule has 1 amide bonds. The smallest absolute Gasteiger partial charge is 0.278 e. The zero-order valence-electron chi connectivity index (χ0n) is 17.5. The van der Waals surface area contributed by atoms with Gasteiger partial charge >= 0.3 is 0 Å². The van der Waals surface area contributed by atoms with Gasteiger partial charge < -0.3 is 4.74 Å². The number of carbonyl (C=O) groups excluding carboxylic acids is 1. The average Bonchev–Trinajstić information content (AvgIpc) is 2.69. The summed E-state index contributed by atoms with van der Waals surface area (Å²) in [6.45, 7) is 7.14. The molecule has 0 N–H and O–H groups in total. The van der Waals surface area contributed by atoms with Crippen molar-refractivity contribution in [3.05, 3.63) is 89.0 Å². The minimum absolute atomic E-state index is 0.0501. The number of nitrogens with zero attached hydrogens (tertiary/aromatic N) is 1. The molecule has 30 heavy (non-hydrogen) atoms. The van der Waals surface area contributed by atoms with Gasteiger partial charge in [-0.3, -0.25) is 4.79 Å². The van der Waals surface area contributed by atoms with Crippen LogP contribution in [0.3, 0.4) is 0 Å². The lowest BCUT2D eigenvalue weighted by molar-refractivity contribution is -0.119. The molecule has 0 radical (unpaired) electrons. The first kappa shape index (κ1) is 21.6. The van der Waals surface area contributed by atoms with Gasteiger partial charge in [0.05, 0.1) is 10.6 Å². The number of amides is 1. The van der Waals surface area contributed by atoms with Crippen molar-refractivity contribution in [3.63, 3.8) is 0 Å². The Labute approximate surface area is 178 Å². The van der Waals surface area contributed by atoms with Crippen molar-refractivity contribution in [1.82, 2.24) is 0 Å². The molecule has 0 saturated heterocycles. The first-order chi connectivity index (χ1) is 14.2. The molecule has 0 bridgehead atoms. The molecule has 0 aliphatic heterocycles. The molecular weight excluding hydrogens is 398 g/mol. The Morgan fingerprint density at radius 1 is 0.800 bits per heavy atom. The summed E-state index contributed by atoms with van der Waals surface area (Å²) < 4.78 is 33.3. The summed E-state index contributed by atoms with van der Waals surface area (Å²) in [5.41, 5.74) is 3.93. The van der Waals surface area contributed by atoms with Crippen LogP contribution in [0.2, 0.25) is 0 Å². The van der Waals surface area contributed by atoms with Crippen molar-refractivity contribution in [1.29, 1.82) is 0 Å². The Kier molecular flexibility index (Phi) is 6.27. The lowest BCUT2D eigenvalue weighted by atomic mass is 10.1. The third-order valence-corrected chi connectivity index (χ3v) is 6.57. The number of sulfonamides is 1. The highest BCUT2D eigenvalue weighted by atomic mass is 32.2. The SMILES string of the molecule is Cc1ccc(N(C(=O)COc2c(C)cccc2C)S(=O)(=O)c2ccc(C)cc2)cc1. The predicted octanol–water partition coefficient (Wildman–Crippen LogP) is 4.72. The van der Waals surface area contributed by atoms with E-state index < -0.39 is 22.5 Å². The summed E-state index contributed by atoms with van der Waals surface area (Å²) in [4.78, 5) is 13.2. The monoisotopic (exact) mass is 423 g/mol. The van der Waals surface area contributed by atoms with E-state index in [4.69, 9.17) is 4.74 Å². The highest BCUT2D eigenvalue weighted by molar-refractivity contribution is 7.93. The largest absolute Gasteiger partial charge is 0.483 e. The number of benzene rings is 3. The van der Waals surface area contributed by atoms with Crippen molar-refractivity contribution < 1.29 is 17.9 Å². The van der Waals surface area contributed by atoms with Crippen LogP contribution in [0, 0.1) is 27.7 Å². The van der Waals surface area contributed by atoms with Crippen molar-refractivity contribution in [2.75, 3.05) is 10.9 Å². The molecule has 0 fully saturated rings.